The molecule has 1 aliphatic carbocycles. The molecule has 0 atom stereocenters. The molecule has 0 radical (unpaired) electrons. The average Bonchev–Trinajstić information content (AvgIpc) is 2.91. The van der Waals surface area contributed by atoms with E-state index in [0.717, 1.165) is 24.7 Å². The predicted octanol–water partition coefficient (Wildman–Crippen LogP) is 2.21. The van der Waals surface area contributed by atoms with Crippen molar-refractivity contribution < 1.29 is 4.74 Å². The maximum Gasteiger partial charge on any atom is 0.297 e. The number of benzene rings is 1. The van der Waals surface area contributed by atoms with Crippen molar-refractivity contribution in [2.75, 3.05) is 6.61 Å². The average molecular weight is 200 g/mol. The first-order valence-electron chi connectivity index (χ1n) is 5.45. The van der Waals surface area contributed by atoms with Crippen LogP contribution in [0.5, 0.6) is 6.01 Å². The van der Waals surface area contributed by atoms with E-state index in [9.17, 15) is 0 Å². The highest BCUT2D eigenvalue weighted by atomic mass is 16.5. The standard InChI is InChI=1S/C12H12N2O/c1-2-4-10-9(3-1)13-11-14(10)7-12(5-6-12)8-15-11/h1-4H,5-8H2. The first-order chi connectivity index (χ1) is 7.36. The van der Waals surface area contributed by atoms with Crippen molar-refractivity contribution in [1.82, 2.24) is 9.55 Å². The molecule has 4 rings (SSSR count). The Bertz CT molecular complexity index is 540. The summed E-state index contributed by atoms with van der Waals surface area (Å²) >= 11 is 0. The monoisotopic (exact) mass is 200 g/mol. The number of hydrogen-bond acceptors (Lipinski definition) is 2. The zero-order valence-corrected chi connectivity index (χ0v) is 8.44. The maximum absolute atomic E-state index is 5.74. The minimum atomic E-state index is 0.441. The number of rotatable bonds is 0. The summed E-state index contributed by atoms with van der Waals surface area (Å²) in [5.41, 5.74) is 2.69. The third kappa shape index (κ3) is 0.978. The van der Waals surface area contributed by atoms with Gasteiger partial charge in [0.2, 0.25) is 0 Å². The van der Waals surface area contributed by atoms with Gasteiger partial charge in [-0.05, 0) is 25.0 Å². The summed E-state index contributed by atoms with van der Waals surface area (Å²) < 4.78 is 7.97. The molecule has 0 bridgehead atoms. The molecule has 1 fully saturated rings. The van der Waals surface area contributed by atoms with E-state index < -0.39 is 0 Å². The Labute approximate surface area is 87.7 Å². The van der Waals surface area contributed by atoms with Crippen molar-refractivity contribution in [3.8, 4) is 6.01 Å². The molecule has 2 aromatic rings. The minimum absolute atomic E-state index is 0.441. The quantitative estimate of drug-likeness (QED) is 0.652. The SMILES string of the molecule is c1ccc2c(c1)nc1n2CC2(CC2)CO1. The van der Waals surface area contributed by atoms with Crippen LogP contribution in [0.1, 0.15) is 12.8 Å². The molecule has 1 saturated carbocycles. The lowest BCUT2D eigenvalue weighted by Crippen LogP contribution is -2.26. The topological polar surface area (TPSA) is 27.1 Å². The van der Waals surface area contributed by atoms with E-state index in [1.807, 2.05) is 12.1 Å². The van der Waals surface area contributed by atoms with E-state index in [-0.39, 0.29) is 0 Å². The molecule has 0 N–H and O–H groups in total. The molecule has 0 amide bonds. The van der Waals surface area contributed by atoms with Crippen LogP contribution in [0.25, 0.3) is 11.0 Å². The van der Waals surface area contributed by atoms with Crippen LogP contribution in [0.15, 0.2) is 24.3 Å². The zero-order chi connectivity index (χ0) is 9.88. The van der Waals surface area contributed by atoms with Gasteiger partial charge in [0.15, 0.2) is 0 Å². The number of imidazole rings is 1. The molecule has 1 aromatic heterocycles. The molecule has 0 unspecified atom stereocenters. The molecule has 0 saturated heterocycles. The summed E-state index contributed by atoms with van der Waals surface area (Å²) in [7, 11) is 0. The summed E-state index contributed by atoms with van der Waals surface area (Å²) in [5.74, 6) is 0. The van der Waals surface area contributed by atoms with Crippen LogP contribution >= 0.6 is 0 Å². The van der Waals surface area contributed by atoms with Gasteiger partial charge in [-0.2, -0.15) is 4.98 Å². The van der Waals surface area contributed by atoms with Gasteiger partial charge in [0.25, 0.3) is 6.01 Å². The highest BCUT2D eigenvalue weighted by Gasteiger charge is 2.47. The fourth-order valence-corrected chi connectivity index (χ4v) is 2.39. The van der Waals surface area contributed by atoms with Crippen LogP contribution in [-0.2, 0) is 6.54 Å². The van der Waals surface area contributed by atoms with Gasteiger partial charge in [-0.15, -0.1) is 0 Å². The lowest BCUT2D eigenvalue weighted by Gasteiger charge is -2.23. The number of para-hydroxylation sites is 2. The maximum atomic E-state index is 5.74. The van der Waals surface area contributed by atoms with Gasteiger partial charge in [0.05, 0.1) is 17.6 Å². The summed E-state index contributed by atoms with van der Waals surface area (Å²) in [6.45, 7) is 1.94. The molecule has 3 heteroatoms. The Hall–Kier alpha value is -1.51. The first-order valence-corrected chi connectivity index (χ1v) is 5.45. The van der Waals surface area contributed by atoms with Crippen molar-refractivity contribution >= 4 is 11.0 Å². The van der Waals surface area contributed by atoms with Gasteiger partial charge in [0.1, 0.15) is 0 Å². The van der Waals surface area contributed by atoms with E-state index >= 15 is 0 Å². The highest BCUT2D eigenvalue weighted by Crippen LogP contribution is 2.50. The van der Waals surface area contributed by atoms with Crippen molar-refractivity contribution in [3.63, 3.8) is 0 Å². The van der Waals surface area contributed by atoms with Gasteiger partial charge in [-0.3, -0.25) is 4.57 Å². The van der Waals surface area contributed by atoms with Crippen LogP contribution in [-0.4, -0.2) is 16.2 Å². The van der Waals surface area contributed by atoms with Gasteiger partial charge < -0.3 is 4.74 Å². The van der Waals surface area contributed by atoms with Crippen LogP contribution in [0.2, 0.25) is 0 Å². The van der Waals surface area contributed by atoms with Crippen molar-refractivity contribution in [2.24, 2.45) is 5.41 Å². The van der Waals surface area contributed by atoms with E-state index in [2.05, 4.69) is 21.7 Å². The molecule has 76 valence electrons. The molecule has 1 aromatic carbocycles. The largest absolute Gasteiger partial charge is 0.464 e. The summed E-state index contributed by atoms with van der Waals surface area (Å²) in [6, 6.07) is 9.05. The number of nitrogens with zero attached hydrogens (tertiary/aromatic N) is 2. The van der Waals surface area contributed by atoms with Crippen LogP contribution in [0.4, 0.5) is 0 Å². The Morgan fingerprint density at radius 3 is 3.00 bits per heavy atom. The van der Waals surface area contributed by atoms with Crippen molar-refractivity contribution in [2.45, 2.75) is 19.4 Å². The minimum Gasteiger partial charge on any atom is -0.464 e. The lowest BCUT2D eigenvalue weighted by atomic mass is 10.1. The normalized spacial score (nSPS) is 21.3. The number of fused-ring (bicyclic) bond motifs is 3. The Morgan fingerprint density at radius 1 is 1.27 bits per heavy atom. The number of hydrogen-bond donors (Lipinski definition) is 0. The van der Waals surface area contributed by atoms with E-state index in [1.165, 1.54) is 18.4 Å². The second-order valence-corrected chi connectivity index (χ2v) is 4.76. The first kappa shape index (κ1) is 7.74. The van der Waals surface area contributed by atoms with Crippen molar-refractivity contribution in [1.29, 1.82) is 0 Å². The van der Waals surface area contributed by atoms with Crippen molar-refractivity contribution in [3.05, 3.63) is 24.3 Å². The Morgan fingerprint density at radius 2 is 2.13 bits per heavy atom. The third-order valence-electron chi connectivity index (χ3n) is 3.58. The molecule has 1 spiro atoms. The fraction of sp³-hybridized carbons (Fsp3) is 0.417. The fourth-order valence-electron chi connectivity index (χ4n) is 2.39. The van der Waals surface area contributed by atoms with E-state index in [0.29, 0.717) is 5.41 Å². The molecular formula is C12H12N2O. The van der Waals surface area contributed by atoms with Crippen LogP contribution < -0.4 is 4.74 Å². The van der Waals surface area contributed by atoms with Gasteiger partial charge >= 0.3 is 0 Å². The lowest BCUT2D eigenvalue weighted by molar-refractivity contribution is 0.154. The third-order valence-corrected chi connectivity index (χ3v) is 3.58. The van der Waals surface area contributed by atoms with Crippen LogP contribution in [0.3, 0.4) is 0 Å². The van der Waals surface area contributed by atoms with Crippen LogP contribution in [0, 0.1) is 5.41 Å². The van der Waals surface area contributed by atoms with Gasteiger partial charge in [-0.25, -0.2) is 0 Å². The molecular weight excluding hydrogens is 188 g/mol. The van der Waals surface area contributed by atoms with Gasteiger partial charge in [-0.1, -0.05) is 12.1 Å². The summed E-state index contributed by atoms with van der Waals surface area (Å²) in [6.07, 6.45) is 2.61. The zero-order valence-electron chi connectivity index (χ0n) is 8.44. The molecule has 3 nitrogen and oxygen atoms in total. The molecule has 1 aliphatic heterocycles. The summed E-state index contributed by atoms with van der Waals surface area (Å²) in [5, 5.41) is 0. The van der Waals surface area contributed by atoms with E-state index in [1.54, 1.807) is 0 Å². The second-order valence-electron chi connectivity index (χ2n) is 4.76. The number of aromatic nitrogens is 2. The van der Waals surface area contributed by atoms with Gasteiger partial charge in [0, 0.05) is 12.0 Å². The molecule has 2 aliphatic rings. The Balaban J connectivity index is 1.96. The second kappa shape index (κ2) is 2.35. The molecule has 15 heavy (non-hydrogen) atoms. The predicted molar refractivity (Wildman–Crippen MR) is 56.9 cm³/mol. The smallest absolute Gasteiger partial charge is 0.297 e. The summed E-state index contributed by atoms with van der Waals surface area (Å²) in [4.78, 5) is 4.49. The van der Waals surface area contributed by atoms with E-state index in [4.69, 9.17) is 4.74 Å². The Kier molecular flexibility index (Phi) is 1.21. The molecule has 2 heterocycles. The highest BCUT2D eigenvalue weighted by molar-refractivity contribution is 5.76. The number of ether oxygens (including phenoxy) is 1.